The van der Waals surface area contributed by atoms with E-state index >= 15 is 0 Å². The zero-order valence-electron chi connectivity index (χ0n) is 8.16. The van der Waals surface area contributed by atoms with E-state index in [4.69, 9.17) is 0 Å². The summed E-state index contributed by atoms with van der Waals surface area (Å²) in [5, 5.41) is 0.962. The van der Waals surface area contributed by atoms with Crippen LogP contribution in [0.15, 0.2) is 36.5 Å². The average Bonchev–Trinajstić information content (AvgIpc) is 2.69. The maximum absolute atomic E-state index is 11.7. The maximum Gasteiger partial charge on any atom is 0.241 e. The van der Waals surface area contributed by atoms with Crippen molar-refractivity contribution >= 4 is 37.7 Å². The number of para-hydroxylation sites is 1. The molecule has 0 aliphatic carbocycles. The van der Waals surface area contributed by atoms with Gasteiger partial charge in [-0.3, -0.25) is 13.6 Å². The number of fused-ring (bicyclic) bond motifs is 1. The van der Waals surface area contributed by atoms with Crippen molar-refractivity contribution in [3.8, 4) is 0 Å². The topological polar surface area (TPSA) is 62.1 Å². The zero-order chi connectivity index (χ0) is 11.5. The molecule has 0 saturated heterocycles. The van der Waals surface area contributed by atoms with E-state index in [1.54, 1.807) is 6.20 Å². The van der Waals surface area contributed by atoms with Crippen molar-refractivity contribution in [2.45, 2.75) is 0 Å². The smallest absolute Gasteiger partial charge is 0.241 e. The largest absolute Gasteiger partial charge is 0.764 e. The quantitative estimate of drug-likeness (QED) is 0.619. The third-order valence-electron chi connectivity index (χ3n) is 2.15. The van der Waals surface area contributed by atoms with Gasteiger partial charge in [-0.2, -0.15) is 0 Å². The second-order valence-corrected chi connectivity index (χ2v) is 5.56. The van der Waals surface area contributed by atoms with Crippen molar-refractivity contribution in [3.05, 3.63) is 36.5 Å². The van der Waals surface area contributed by atoms with Gasteiger partial charge in [0.15, 0.2) is 0 Å². The number of benzene rings is 1. The average molecular weight is 254 g/mol. The van der Waals surface area contributed by atoms with Gasteiger partial charge in [0.1, 0.15) is 0 Å². The Bertz CT molecular complexity index is 550. The summed E-state index contributed by atoms with van der Waals surface area (Å²) in [5.74, 6) is -0.315. The first-order chi connectivity index (χ1) is 7.68. The molecule has 0 radical (unpaired) electrons. The number of rotatable bonds is 3. The monoisotopic (exact) mass is 254 g/mol. The third-order valence-corrected chi connectivity index (χ3v) is 3.63. The van der Waals surface area contributed by atoms with E-state index in [0.29, 0.717) is 10.8 Å². The summed E-state index contributed by atoms with van der Waals surface area (Å²) in [6.45, 7) is 0. The molecule has 84 valence electrons. The van der Waals surface area contributed by atoms with Crippen LogP contribution in [0.25, 0.3) is 10.9 Å². The van der Waals surface area contributed by atoms with Crippen LogP contribution >= 0.6 is 10.8 Å². The molecule has 6 heteroatoms. The highest BCUT2D eigenvalue weighted by Gasteiger charge is 2.08. The molecule has 2 rings (SSSR count). The normalized spacial score (nSPS) is 12.8. The number of hydrogen-bond acceptors (Lipinski definition) is 4. The van der Waals surface area contributed by atoms with Gasteiger partial charge in [-0.1, -0.05) is 29.0 Å². The third kappa shape index (κ3) is 2.34. The van der Waals surface area contributed by atoms with Gasteiger partial charge < -0.3 is 4.55 Å². The first kappa shape index (κ1) is 11.4. The van der Waals surface area contributed by atoms with Gasteiger partial charge in [0.25, 0.3) is 0 Å². The summed E-state index contributed by atoms with van der Waals surface area (Å²) >= 11 is 0. The molecular weight excluding hydrogens is 246 g/mol. The maximum atomic E-state index is 11.7. The number of aromatic nitrogens is 1. The van der Waals surface area contributed by atoms with Crippen LogP contribution in [-0.2, 0) is 10.1 Å². The summed E-state index contributed by atoms with van der Waals surface area (Å²) in [7, 11) is -1.66. The predicted molar refractivity (Wildman–Crippen MR) is 63.9 cm³/mol. The van der Waals surface area contributed by atoms with Crippen LogP contribution in [0.2, 0.25) is 0 Å². The van der Waals surface area contributed by atoms with E-state index in [2.05, 4.69) is 0 Å². The van der Waals surface area contributed by atoms with Gasteiger partial charge in [-0.05, 0) is 12.1 Å². The molecule has 0 aliphatic heterocycles. The number of carbonyl (C=O) groups excluding carboxylic acids is 1. The molecule has 0 saturated carbocycles. The summed E-state index contributed by atoms with van der Waals surface area (Å²) in [5.41, 5.74) is 0.796. The van der Waals surface area contributed by atoms with Crippen LogP contribution in [0, 0.1) is 0 Å². The van der Waals surface area contributed by atoms with Crippen LogP contribution in [0.1, 0.15) is 4.79 Å². The lowest BCUT2D eigenvalue weighted by Gasteiger charge is -2.05. The first-order valence-electron chi connectivity index (χ1n) is 4.50. The van der Waals surface area contributed by atoms with E-state index in [1.165, 1.54) is 4.57 Å². The number of carbonyl (C=O) groups is 1. The second kappa shape index (κ2) is 4.82. The number of hydrogen-bond donors (Lipinski definition) is 0. The fourth-order valence-electron chi connectivity index (χ4n) is 1.47. The Balaban J connectivity index is 2.26. The fraction of sp³-hybridized carbons (Fsp3) is 0.100. The summed E-state index contributed by atoms with van der Waals surface area (Å²) in [6.07, 6.45) is 1.65. The molecule has 1 atom stereocenters. The highest BCUT2D eigenvalue weighted by molar-refractivity contribution is 8.67. The van der Waals surface area contributed by atoms with Gasteiger partial charge in [0, 0.05) is 21.7 Å². The van der Waals surface area contributed by atoms with E-state index in [-0.39, 0.29) is 11.7 Å². The Labute approximate surface area is 98.3 Å². The van der Waals surface area contributed by atoms with E-state index in [0.717, 1.165) is 10.9 Å². The molecule has 0 fully saturated rings. The van der Waals surface area contributed by atoms with Crippen LogP contribution < -0.4 is 0 Å². The molecule has 16 heavy (non-hydrogen) atoms. The SMILES string of the molecule is O=C(CSS(=O)[O-])n1ccc2ccccc21. The van der Waals surface area contributed by atoms with Gasteiger partial charge in [-0.25, -0.2) is 0 Å². The van der Waals surface area contributed by atoms with Gasteiger partial charge in [0.2, 0.25) is 5.91 Å². The van der Waals surface area contributed by atoms with Crippen LogP contribution in [-0.4, -0.2) is 25.0 Å². The standard InChI is InChI=1S/C10H9NO3S2/c12-10(7-15-16(13)14)11-6-5-8-3-1-2-4-9(8)11/h1-6H,7H2,(H,13,14)/p-1. The molecule has 0 bridgehead atoms. The highest BCUT2D eigenvalue weighted by Crippen LogP contribution is 2.16. The zero-order valence-corrected chi connectivity index (χ0v) is 9.79. The highest BCUT2D eigenvalue weighted by atomic mass is 33.1. The van der Waals surface area contributed by atoms with Crippen molar-refractivity contribution in [2.24, 2.45) is 0 Å². The lowest BCUT2D eigenvalue weighted by atomic mass is 10.2. The first-order valence-corrected chi connectivity index (χ1v) is 7.08. The predicted octanol–water partition coefficient (Wildman–Crippen LogP) is 1.81. The molecule has 0 N–H and O–H groups in total. The number of nitrogens with zero attached hydrogens (tertiary/aromatic N) is 1. The molecule has 2 aromatic rings. The Morgan fingerprint density at radius 1 is 1.38 bits per heavy atom. The van der Waals surface area contributed by atoms with E-state index < -0.39 is 10.1 Å². The molecule has 0 aliphatic rings. The van der Waals surface area contributed by atoms with Crippen LogP contribution in [0.4, 0.5) is 0 Å². The van der Waals surface area contributed by atoms with Crippen LogP contribution in [0.3, 0.4) is 0 Å². The molecule has 4 nitrogen and oxygen atoms in total. The summed E-state index contributed by atoms with van der Waals surface area (Å²) in [6, 6.07) is 9.28. The molecule has 1 unspecified atom stereocenters. The minimum atomic E-state index is -2.25. The van der Waals surface area contributed by atoms with Crippen molar-refractivity contribution in [1.29, 1.82) is 0 Å². The van der Waals surface area contributed by atoms with Crippen molar-refractivity contribution in [3.63, 3.8) is 0 Å². The Morgan fingerprint density at radius 3 is 2.88 bits per heavy atom. The lowest BCUT2D eigenvalue weighted by Crippen LogP contribution is -2.12. The Kier molecular flexibility index (Phi) is 3.42. The van der Waals surface area contributed by atoms with Gasteiger partial charge >= 0.3 is 0 Å². The summed E-state index contributed by atoms with van der Waals surface area (Å²) in [4.78, 5) is 11.7. The Hall–Kier alpha value is -1.11. The molecular formula is C10H8NO3S2-. The summed E-state index contributed by atoms with van der Waals surface area (Å²) < 4.78 is 22.1. The molecule has 1 aromatic heterocycles. The van der Waals surface area contributed by atoms with E-state index in [9.17, 15) is 13.6 Å². The van der Waals surface area contributed by atoms with Gasteiger partial charge in [0.05, 0.1) is 11.3 Å². The minimum Gasteiger partial charge on any atom is -0.764 e. The van der Waals surface area contributed by atoms with Crippen LogP contribution in [0.5, 0.6) is 0 Å². The Morgan fingerprint density at radius 2 is 2.12 bits per heavy atom. The lowest BCUT2D eigenvalue weighted by molar-refractivity contribution is 0.0947. The minimum absolute atomic E-state index is 0.0746. The molecule has 1 heterocycles. The molecule has 1 aromatic carbocycles. The second-order valence-electron chi connectivity index (χ2n) is 3.10. The van der Waals surface area contributed by atoms with Crippen molar-refractivity contribution in [1.82, 2.24) is 4.57 Å². The van der Waals surface area contributed by atoms with Gasteiger partial charge in [-0.15, -0.1) is 0 Å². The molecule has 0 spiro atoms. The molecule has 0 amide bonds. The van der Waals surface area contributed by atoms with Crippen molar-refractivity contribution in [2.75, 3.05) is 5.75 Å². The van der Waals surface area contributed by atoms with Crippen molar-refractivity contribution < 1.29 is 13.6 Å². The van der Waals surface area contributed by atoms with E-state index in [1.807, 2.05) is 30.3 Å². The fourth-order valence-corrected chi connectivity index (χ4v) is 2.40.